The molecule has 2 aromatic carbocycles. The lowest BCUT2D eigenvalue weighted by Gasteiger charge is -2.41. The van der Waals surface area contributed by atoms with Crippen LogP contribution < -0.4 is 4.90 Å². The lowest BCUT2D eigenvalue weighted by atomic mass is 9.94. The molecule has 0 aromatic heterocycles. The number of benzene rings is 2. The van der Waals surface area contributed by atoms with E-state index in [9.17, 15) is 5.11 Å². The molecule has 0 amide bonds. The second-order valence-electron chi connectivity index (χ2n) is 6.06. The highest BCUT2D eigenvalue weighted by Crippen LogP contribution is 2.43. The molecule has 108 valence electrons. The minimum absolute atomic E-state index is 0.318. The topological polar surface area (TPSA) is 26.7 Å². The molecule has 3 heteroatoms. The molecule has 21 heavy (non-hydrogen) atoms. The maximum Gasteiger partial charge on any atom is 0.106 e. The molecule has 2 heterocycles. The van der Waals surface area contributed by atoms with E-state index in [2.05, 4.69) is 53.2 Å². The number of piperazine rings is 1. The largest absolute Gasteiger partial charge is 0.384 e. The Morgan fingerprint density at radius 1 is 0.905 bits per heavy atom. The standard InChI is InChI=1S/C18H20N2O/c1-19-10-11-20-16-9-5-4-8-15(16)18(21)14-7-3-2-6-13(14)17(20)12-19/h2-9,17-18,21H,10-12H2,1H3. The molecule has 1 saturated heterocycles. The number of nitrogens with zero attached hydrogens (tertiary/aromatic N) is 2. The molecule has 0 bridgehead atoms. The van der Waals surface area contributed by atoms with Crippen LogP contribution in [-0.4, -0.2) is 36.7 Å². The van der Waals surface area contributed by atoms with Gasteiger partial charge in [-0.05, 0) is 24.2 Å². The van der Waals surface area contributed by atoms with Crippen LogP contribution in [0.25, 0.3) is 0 Å². The first kappa shape index (κ1) is 12.9. The van der Waals surface area contributed by atoms with Gasteiger partial charge in [0.15, 0.2) is 0 Å². The van der Waals surface area contributed by atoms with Gasteiger partial charge in [-0.15, -0.1) is 0 Å². The van der Waals surface area contributed by atoms with E-state index in [1.165, 1.54) is 11.3 Å². The van der Waals surface area contributed by atoms with E-state index in [1.54, 1.807) is 0 Å². The maximum atomic E-state index is 10.9. The van der Waals surface area contributed by atoms with Crippen LogP contribution in [0.1, 0.15) is 28.8 Å². The van der Waals surface area contributed by atoms with Gasteiger partial charge in [0.05, 0.1) is 6.04 Å². The molecule has 1 N–H and O–H groups in total. The Kier molecular flexibility index (Phi) is 2.98. The summed E-state index contributed by atoms with van der Waals surface area (Å²) in [7, 11) is 2.17. The van der Waals surface area contributed by atoms with Crippen LogP contribution in [0.4, 0.5) is 5.69 Å². The predicted molar refractivity (Wildman–Crippen MR) is 84.5 cm³/mol. The van der Waals surface area contributed by atoms with Gasteiger partial charge in [-0.2, -0.15) is 0 Å². The number of aliphatic hydroxyl groups is 1. The molecule has 3 nitrogen and oxygen atoms in total. The van der Waals surface area contributed by atoms with Crippen LogP contribution >= 0.6 is 0 Å². The number of anilines is 1. The van der Waals surface area contributed by atoms with Crippen LogP contribution in [0, 0.1) is 0 Å². The van der Waals surface area contributed by atoms with Crippen molar-refractivity contribution in [2.45, 2.75) is 12.1 Å². The smallest absolute Gasteiger partial charge is 0.106 e. The van der Waals surface area contributed by atoms with E-state index in [1.807, 2.05) is 12.1 Å². The average Bonchev–Trinajstić information content (AvgIpc) is 2.63. The molecule has 1 fully saturated rings. The quantitative estimate of drug-likeness (QED) is 0.803. The number of aliphatic hydroxyl groups excluding tert-OH is 1. The van der Waals surface area contributed by atoms with Crippen molar-refractivity contribution in [1.29, 1.82) is 0 Å². The summed E-state index contributed by atoms with van der Waals surface area (Å²) in [6.07, 6.45) is -0.534. The molecule has 2 aliphatic heterocycles. The average molecular weight is 280 g/mol. The summed E-state index contributed by atoms with van der Waals surface area (Å²) in [5, 5.41) is 10.9. The third-order valence-corrected chi connectivity index (χ3v) is 4.77. The Balaban J connectivity index is 1.95. The van der Waals surface area contributed by atoms with Gasteiger partial charge in [0.2, 0.25) is 0 Å². The molecule has 2 aliphatic rings. The van der Waals surface area contributed by atoms with E-state index >= 15 is 0 Å². The lowest BCUT2D eigenvalue weighted by Crippen LogP contribution is -2.46. The van der Waals surface area contributed by atoms with Crippen molar-refractivity contribution < 1.29 is 5.11 Å². The van der Waals surface area contributed by atoms with Gasteiger partial charge >= 0.3 is 0 Å². The summed E-state index contributed by atoms with van der Waals surface area (Å²) in [6, 6.07) is 16.9. The molecule has 4 rings (SSSR count). The number of fused-ring (bicyclic) bond motifs is 5. The Hall–Kier alpha value is -1.84. The molecule has 0 radical (unpaired) electrons. The first-order valence-electron chi connectivity index (χ1n) is 7.56. The van der Waals surface area contributed by atoms with Crippen molar-refractivity contribution in [3.63, 3.8) is 0 Å². The fourth-order valence-corrected chi connectivity index (χ4v) is 3.69. The summed E-state index contributed by atoms with van der Waals surface area (Å²) >= 11 is 0. The van der Waals surface area contributed by atoms with Crippen LogP contribution in [-0.2, 0) is 0 Å². The zero-order valence-electron chi connectivity index (χ0n) is 12.2. The van der Waals surface area contributed by atoms with Gasteiger partial charge in [-0.3, -0.25) is 0 Å². The summed E-state index contributed by atoms with van der Waals surface area (Å²) in [5.74, 6) is 0. The molecule has 2 unspecified atom stereocenters. The third-order valence-electron chi connectivity index (χ3n) is 4.77. The molecule has 2 atom stereocenters. The fourth-order valence-electron chi connectivity index (χ4n) is 3.69. The Morgan fingerprint density at radius 2 is 1.57 bits per heavy atom. The van der Waals surface area contributed by atoms with Crippen molar-refractivity contribution in [2.24, 2.45) is 0 Å². The minimum atomic E-state index is -0.534. The SMILES string of the molecule is CN1CCN2c3ccccc3C(O)c3ccccc3C2C1. The monoisotopic (exact) mass is 280 g/mol. The Bertz CT molecular complexity index is 670. The van der Waals surface area contributed by atoms with E-state index < -0.39 is 6.10 Å². The Labute approximate surface area is 125 Å². The molecule has 0 aliphatic carbocycles. The minimum Gasteiger partial charge on any atom is -0.384 e. The van der Waals surface area contributed by atoms with Gasteiger partial charge in [0.25, 0.3) is 0 Å². The molecule has 0 spiro atoms. The fraction of sp³-hybridized carbons (Fsp3) is 0.333. The summed E-state index contributed by atoms with van der Waals surface area (Å²) in [4.78, 5) is 4.84. The zero-order valence-corrected chi connectivity index (χ0v) is 12.2. The van der Waals surface area contributed by atoms with Crippen LogP contribution in [0.2, 0.25) is 0 Å². The van der Waals surface area contributed by atoms with Crippen molar-refractivity contribution in [3.8, 4) is 0 Å². The van der Waals surface area contributed by atoms with Crippen LogP contribution in [0.15, 0.2) is 48.5 Å². The highest BCUT2D eigenvalue weighted by atomic mass is 16.3. The van der Waals surface area contributed by atoms with E-state index in [0.717, 1.165) is 30.8 Å². The number of para-hydroxylation sites is 1. The van der Waals surface area contributed by atoms with Crippen molar-refractivity contribution in [3.05, 3.63) is 65.2 Å². The first-order chi connectivity index (χ1) is 10.3. The number of hydrogen-bond acceptors (Lipinski definition) is 3. The number of hydrogen-bond donors (Lipinski definition) is 1. The predicted octanol–water partition coefficient (Wildman–Crippen LogP) is 2.57. The van der Waals surface area contributed by atoms with Crippen molar-refractivity contribution in [2.75, 3.05) is 31.6 Å². The van der Waals surface area contributed by atoms with Crippen molar-refractivity contribution in [1.82, 2.24) is 4.90 Å². The second-order valence-corrected chi connectivity index (χ2v) is 6.06. The highest BCUT2D eigenvalue weighted by Gasteiger charge is 2.34. The second kappa shape index (κ2) is 4.86. The highest BCUT2D eigenvalue weighted by molar-refractivity contribution is 5.62. The summed E-state index contributed by atoms with van der Waals surface area (Å²) in [5.41, 5.74) is 4.51. The third kappa shape index (κ3) is 1.96. The lowest BCUT2D eigenvalue weighted by molar-refractivity contribution is 0.220. The first-order valence-corrected chi connectivity index (χ1v) is 7.56. The van der Waals surface area contributed by atoms with Gasteiger partial charge in [0.1, 0.15) is 6.10 Å². The Morgan fingerprint density at radius 3 is 2.38 bits per heavy atom. The molecule has 2 aromatic rings. The number of rotatable bonds is 0. The van der Waals surface area contributed by atoms with E-state index in [4.69, 9.17) is 0 Å². The van der Waals surface area contributed by atoms with Crippen LogP contribution in [0.3, 0.4) is 0 Å². The van der Waals surface area contributed by atoms with Gasteiger partial charge in [-0.1, -0.05) is 42.5 Å². The maximum absolute atomic E-state index is 10.9. The van der Waals surface area contributed by atoms with Gasteiger partial charge in [0, 0.05) is 30.9 Å². The van der Waals surface area contributed by atoms with Crippen molar-refractivity contribution >= 4 is 5.69 Å². The van der Waals surface area contributed by atoms with Crippen LogP contribution in [0.5, 0.6) is 0 Å². The normalized spacial score (nSPS) is 24.8. The van der Waals surface area contributed by atoms with Gasteiger partial charge in [-0.25, -0.2) is 0 Å². The van der Waals surface area contributed by atoms with Gasteiger partial charge < -0.3 is 14.9 Å². The molecular formula is C18H20N2O. The molecular weight excluding hydrogens is 260 g/mol. The summed E-state index contributed by atoms with van der Waals surface area (Å²) in [6.45, 7) is 3.06. The summed E-state index contributed by atoms with van der Waals surface area (Å²) < 4.78 is 0. The number of likely N-dealkylation sites (N-methyl/N-ethyl adjacent to an activating group) is 1. The molecule has 0 saturated carbocycles. The van der Waals surface area contributed by atoms with E-state index in [-0.39, 0.29) is 0 Å². The van der Waals surface area contributed by atoms with E-state index in [0.29, 0.717) is 6.04 Å². The zero-order chi connectivity index (χ0) is 14.4.